The number of amides is 1. The summed E-state index contributed by atoms with van der Waals surface area (Å²) in [7, 11) is 0. The second kappa shape index (κ2) is 8.12. The molecule has 1 aliphatic heterocycles. The summed E-state index contributed by atoms with van der Waals surface area (Å²) < 4.78 is 0. The van der Waals surface area contributed by atoms with E-state index in [1.165, 1.54) is 0 Å². The first kappa shape index (κ1) is 15.9. The number of aliphatic carboxylic acids is 1. The fourth-order valence-electron chi connectivity index (χ4n) is 2.29. The van der Waals surface area contributed by atoms with Crippen molar-refractivity contribution in [2.24, 2.45) is 0 Å². The minimum absolute atomic E-state index is 0.0635. The van der Waals surface area contributed by atoms with Gasteiger partial charge in [0, 0.05) is 32.7 Å². The molecule has 0 spiro atoms. The number of carboxylic acids is 1. The van der Waals surface area contributed by atoms with Gasteiger partial charge in [0.15, 0.2) is 0 Å². The Morgan fingerprint density at radius 2 is 2.00 bits per heavy atom. The molecule has 1 amide bonds. The third-order valence-corrected chi connectivity index (χ3v) is 3.46. The van der Waals surface area contributed by atoms with Crippen LogP contribution in [0.2, 0.25) is 0 Å². The maximum Gasteiger partial charge on any atom is 0.317 e. The second-order valence-corrected chi connectivity index (χ2v) is 5.03. The van der Waals surface area contributed by atoms with E-state index >= 15 is 0 Å². The number of nitrogens with zero attached hydrogens (tertiary/aromatic N) is 2. The zero-order valence-electron chi connectivity index (χ0n) is 11.9. The Hall–Kier alpha value is -1.14. The number of carboxylic acid groups (broad SMARTS) is 1. The van der Waals surface area contributed by atoms with Crippen molar-refractivity contribution in [1.82, 2.24) is 15.1 Å². The SMILES string of the molecule is CCCNC(=O)C(C)N1CCCN(CC(=O)O)CC1. The Labute approximate surface area is 114 Å². The summed E-state index contributed by atoms with van der Waals surface area (Å²) in [5.41, 5.74) is 0. The summed E-state index contributed by atoms with van der Waals surface area (Å²) in [6.45, 7) is 7.82. The van der Waals surface area contributed by atoms with Crippen LogP contribution in [0.3, 0.4) is 0 Å². The summed E-state index contributed by atoms with van der Waals surface area (Å²) in [6.07, 6.45) is 1.84. The van der Waals surface area contributed by atoms with Gasteiger partial charge in [-0.25, -0.2) is 0 Å². The molecule has 0 aromatic heterocycles. The molecule has 0 bridgehead atoms. The molecular weight excluding hydrogens is 246 g/mol. The number of rotatable bonds is 6. The van der Waals surface area contributed by atoms with Crippen molar-refractivity contribution in [2.45, 2.75) is 32.7 Å². The van der Waals surface area contributed by atoms with Crippen molar-refractivity contribution in [3.63, 3.8) is 0 Å². The van der Waals surface area contributed by atoms with Gasteiger partial charge in [0.2, 0.25) is 5.91 Å². The lowest BCUT2D eigenvalue weighted by Gasteiger charge is -2.26. The van der Waals surface area contributed by atoms with Crippen molar-refractivity contribution in [3.8, 4) is 0 Å². The monoisotopic (exact) mass is 271 g/mol. The minimum atomic E-state index is -0.790. The van der Waals surface area contributed by atoms with Gasteiger partial charge in [-0.1, -0.05) is 6.92 Å². The summed E-state index contributed by atoms with van der Waals surface area (Å²) in [5.74, 6) is -0.726. The van der Waals surface area contributed by atoms with E-state index in [-0.39, 0.29) is 18.5 Å². The second-order valence-electron chi connectivity index (χ2n) is 5.03. The first-order chi connectivity index (χ1) is 9.04. The van der Waals surface area contributed by atoms with Crippen molar-refractivity contribution in [3.05, 3.63) is 0 Å². The van der Waals surface area contributed by atoms with Gasteiger partial charge < -0.3 is 10.4 Å². The highest BCUT2D eigenvalue weighted by atomic mass is 16.4. The molecule has 1 unspecified atom stereocenters. The Bertz CT molecular complexity index is 310. The lowest BCUT2D eigenvalue weighted by atomic mass is 10.2. The van der Waals surface area contributed by atoms with E-state index in [0.29, 0.717) is 13.1 Å². The Morgan fingerprint density at radius 3 is 2.63 bits per heavy atom. The molecule has 2 N–H and O–H groups in total. The molecule has 0 saturated carbocycles. The smallest absolute Gasteiger partial charge is 0.317 e. The topological polar surface area (TPSA) is 72.9 Å². The molecule has 1 aliphatic rings. The van der Waals surface area contributed by atoms with Crippen LogP contribution in [-0.2, 0) is 9.59 Å². The van der Waals surface area contributed by atoms with Gasteiger partial charge in [0.05, 0.1) is 12.6 Å². The van der Waals surface area contributed by atoms with Crippen LogP contribution in [0.15, 0.2) is 0 Å². The van der Waals surface area contributed by atoms with Gasteiger partial charge in [0.1, 0.15) is 0 Å². The van der Waals surface area contributed by atoms with Crippen molar-refractivity contribution >= 4 is 11.9 Å². The van der Waals surface area contributed by atoms with Gasteiger partial charge in [-0.05, 0) is 19.8 Å². The molecule has 0 aliphatic carbocycles. The van der Waals surface area contributed by atoms with E-state index in [9.17, 15) is 9.59 Å². The number of hydrogen-bond donors (Lipinski definition) is 2. The van der Waals surface area contributed by atoms with Crippen molar-refractivity contribution < 1.29 is 14.7 Å². The highest BCUT2D eigenvalue weighted by Gasteiger charge is 2.24. The van der Waals surface area contributed by atoms with Gasteiger partial charge >= 0.3 is 5.97 Å². The summed E-state index contributed by atoms with van der Waals surface area (Å²) >= 11 is 0. The highest BCUT2D eigenvalue weighted by Crippen LogP contribution is 2.07. The number of carbonyl (C=O) groups is 2. The Kier molecular flexibility index (Phi) is 6.80. The van der Waals surface area contributed by atoms with E-state index in [2.05, 4.69) is 10.2 Å². The molecule has 1 atom stereocenters. The van der Waals surface area contributed by atoms with E-state index in [1.807, 2.05) is 18.7 Å². The van der Waals surface area contributed by atoms with Crippen LogP contribution >= 0.6 is 0 Å². The molecule has 1 saturated heterocycles. The Balaban J connectivity index is 2.42. The molecular formula is C13H25N3O3. The van der Waals surface area contributed by atoms with Gasteiger partial charge in [-0.2, -0.15) is 0 Å². The first-order valence-electron chi connectivity index (χ1n) is 7.00. The minimum Gasteiger partial charge on any atom is -0.480 e. The number of nitrogens with one attached hydrogen (secondary N) is 1. The molecule has 1 fully saturated rings. The maximum absolute atomic E-state index is 11.9. The average molecular weight is 271 g/mol. The lowest BCUT2D eigenvalue weighted by molar-refractivity contribution is -0.138. The average Bonchev–Trinajstić information content (AvgIpc) is 2.60. The van der Waals surface area contributed by atoms with Crippen molar-refractivity contribution in [2.75, 3.05) is 39.3 Å². The Morgan fingerprint density at radius 1 is 1.26 bits per heavy atom. The fraction of sp³-hybridized carbons (Fsp3) is 0.846. The molecule has 0 aromatic carbocycles. The third-order valence-electron chi connectivity index (χ3n) is 3.46. The van der Waals surface area contributed by atoms with Crippen molar-refractivity contribution in [1.29, 1.82) is 0 Å². The molecule has 1 rings (SSSR count). The van der Waals surface area contributed by atoms with Gasteiger partial charge in [0.25, 0.3) is 0 Å². The molecule has 6 nitrogen and oxygen atoms in total. The van der Waals surface area contributed by atoms with Gasteiger partial charge in [-0.15, -0.1) is 0 Å². The number of hydrogen-bond acceptors (Lipinski definition) is 4. The zero-order chi connectivity index (χ0) is 14.3. The highest BCUT2D eigenvalue weighted by molar-refractivity contribution is 5.81. The van der Waals surface area contributed by atoms with Crippen LogP contribution < -0.4 is 5.32 Å². The largest absolute Gasteiger partial charge is 0.480 e. The first-order valence-corrected chi connectivity index (χ1v) is 7.00. The predicted molar refractivity (Wildman–Crippen MR) is 73.0 cm³/mol. The van der Waals surface area contributed by atoms with Crippen LogP contribution in [0.5, 0.6) is 0 Å². The molecule has 0 aromatic rings. The molecule has 1 heterocycles. The maximum atomic E-state index is 11.9. The zero-order valence-corrected chi connectivity index (χ0v) is 11.9. The molecule has 19 heavy (non-hydrogen) atoms. The van der Waals surface area contributed by atoms with E-state index in [4.69, 9.17) is 5.11 Å². The van der Waals surface area contributed by atoms with Crippen LogP contribution in [0.25, 0.3) is 0 Å². The van der Waals surface area contributed by atoms with Crippen LogP contribution in [0.4, 0.5) is 0 Å². The molecule has 6 heteroatoms. The summed E-state index contributed by atoms with van der Waals surface area (Å²) in [6, 6.07) is -0.142. The summed E-state index contributed by atoms with van der Waals surface area (Å²) in [5, 5.41) is 11.7. The lowest BCUT2D eigenvalue weighted by Crippen LogP contribution is -2.46. The summed E-state index contributed by atoms with van der Waals surface area (Å²) in [4.78, 5) is 26.7. The number of carbonyl (C=O) groups excluding carboxylic acids is 1. The van der Waals surface area contributed by atoms with Crippen LogP contribution in [-0.4, -0.2) is 72.1 Å². The fourth-order valence-corrected chi connectivity index (χ4v) is 2.29. The standard InChI is InChI=1S/C13H25N3O3/c1-3-5-14-13(19)11(2)16-7-4-6-15(8-9-16)10-12(17)18/h11H,3-10H2,1-2H3,(H,14,19)(H,17,18). The van der Waals surface area contributed by atoms with E-state index in [0.717, 1.165) is 32.5 Å². The quantitative estimate of drug-likeness (QED) is 0.711. The third kappa shape index (κ3) is 5.57. The molecule has 110 valence electrons. The van der Waals surface area contributed by atoms with Crippen LogP contribution in [0, 0.1) is 0 Å². The molecule has 0 radical (unpaired) electrons. The predicted octanol–water partition coefficient (Wildman–Crippen LogP) is -0.00660. The van der Waals surface area contributed by atoms with E-state index in [1.54, 1.807) is 0 Å². The van der Waals surface area contributed by atoms with Gasteiger partial charge in [-0.3, -0.25) is 19.4 Å². The van der Waals surface area contributed by atoms with Crippen LogP contribution in [0.1, 0.15) is 26.7 Å². The normalized spacial score (nSPS) is 19.7. The van der Waals surface area contributed by atoms with E-state index < -0.39 is 5.97 Å².